The lowest BCUT2D eigenvalue weighted by atomic mass is 10.1. The highest BCUT2D eigenvalue weighted by molar-refractivity contribution is 7.92. The molecule has 0 unspecified atom stereocenters. The van der Waals surface area contributed by atoms with Crippen LogP contribution in [0.1, 0.15) is 16.7 Å². The third-order valence-corrected chi connectivity index (χ3v) is 5.08. The number of anilines is 1. The second-order valence-corrected chi connectivity index (χ2v) is 6.92. The van der Waals surface area contributed by atoms with Crippen molar-refractivity contribution in [2.45, 2.75) is 11.8 Å². The predicted molar refractivity (Wildman–Crippen MR) is 89.7 cm³/mol. The zero-order chi connectivity index (χ0) is 17.3. The number of nitrogens with one attached hydrogen (secondary N) is 2. The summed E-state index contributed by atoms with van der Waals surface area (Å²) in [4.78, 5) is 3.01. The number of rotatable bonds is 3. The van der Waals surface area contributed by atoms with Crippen LogP contribution in [0.2, 0.25) is 0 Å². The average Bonchev–Trinajstić information content (AvgIpc) is 3.02. The Labute approximate surface area is 139 Å². The highest BCUT2D eigenvalue weighted by Crippen LogP contribution is 2.29. The Bertz CT molecular complexity index is 1110. The molecule has 24 heavy (non-hydrogen) atoms. The molecule has 0 saturated heterocycles. The van der Waals surface area contributed by atoms with Gasteiger partial charge in [0.15, 0.2) is 0 Å². The fourth-order valence-electron chi connectivity index (χ4n) is 2.51. The van der Waals surface area contributed by atoms with Crippen LogP contribution in [-0.2, 0) is 10.0 Å². The SMILES string of the molecule is Cc1ccc(NS(=O)(=O)c2ccc(C#N)cc2)c2[nH]cc(C#N)c12. The third kappa shape index (κ3) is 2.58. The van der Waals surface area contributed by atoms with Gasteiger partial charge in [0.25, 0.3) is 10.0 Å². The molecule has 2 N–H and O–H groups in total. The van der Waals surface area contributed by atoms with Crippen LogP contribution in [0, 0.1) is 29.6 Å². The molecular formula is C17H12N4O2S. The molecule has 3 aromatic rings. The fourth-order valence-corrected chi connectivity index (χ4v) is 3.58. The molecule has 0 amide bonds. The van der Waals surface area contributed by atoms with Crippen LogP contribution >= 0.6 is 0 Å². The van der Waals surface area contributed by atoms with Crippen LogP contribution in [-0.4, -0.2) is 13.4 Å². The Kier molecular flexibility index (Phi) is 3.72. The normalized spacial score (nSPS) is 11.0. The van der Waals surface area contributed by atoms with Crippen LogP contribution in [0.3, 0.4) is 0 Å². The van der Waals surface area contributed by atoms with Crippen molar-refractivity contribution in [1.82, 2.24) is 4.98 Å². The van der Waals surface area contributed by atoms with E-state index >= 15 is 0 Å². The molecule has 0 saturated carbocycles. The molecule has 6 nitrogen and oxygen atoms in total. The molecule has 0 bridgehead atoms. The Morgan fingerprint density at radius 3 is 2.38 bits per heavy atom. The van der Waals surface area contributed by atoms with E-state index < -0.39 is 10.0 Å². The van der Waals surface area contributed by atoms with Gasteiger partial charge in [-0.05, 0) is 42.8 Å². The van der Waals surface area contributed by atoms with Gasteiger partial charge in [-0.2, -0.15) is 10.5 Å². The molecule has 0 aliphatic rings. The van der Waals surface area contributed by atoms with Gasteiger partial charge in [-0.15, -0.1) is 0 Å². The van der Waals surface area contributed by atoms with E-state index in [9.17, 15) is 8.42 Å². The quantitative estimate of drug-likeness (QED) is 0.766. The van der Waals surface area contributed by atoms with Gasteiger partial charge >= 0.3 is 0 Å². The van der Waals surface area contributed by atoms with Crippen LogP contribution < -0.4 is 4.72 Å². The lowest BCUT2D eigenvalue weighted by Gasteiger charge is -2.10. The first-order valence-corrected chi connectivity index (χ1v) is 8.48. The van der Waals surface area contributed by atoms with Crippen molar-refractivity contribution in [2.24, 2.45) is 0 Å². The minimum Gasteiger partial charge on any atom is -0.358 e. The van der Waals surface area contributed by atoms with Gasteiger partial charge < -0.3 is 4.98 Å². The topological polar surface area (TPSA) is 110 Å². The Hall–Kier alpha value is -3.29. The number of hydrogen-bond acceptors (Lipinski definition) is 4. The van der Waals surface area contributed by atoms with E-state index in [1.165, 1.54) is 24.3 Å². The first-order valence-electron chi connectivity index (χ1n) is 7.00. The molecule has 2 aromatic carbocycles. The molecule has 3 rings (SSSR count). The molecule has 1 aromatic heterocycles. The van der Waals surface area contributed by atoms with Crippen LogP contribution in [0.25, 0.3) is 10.9 Å². The van der Waals surface area contributed by atoms with Gasteiger partial charge in [0.1, 0.15) is 6.07 Å². The minimum absolute atomic E-state index is 0.0577. The Morgan fingerprint density at radius 1 is 1.04 bits per heavy atom. The molecule has 0 aliphatic heterocycles. The van der Waals surface area contributed by atoms with E-state index in [1.807, 2.05) is 13.0 Å². The van der Waals surface area contributed by atoms with Gasteiger partial charge in [-0.25, -0.2) is 8.42 Å². The van der Waals surface area contributed by atoms with E-state index in [1.54, 1.807) is 18.3 Å². The van der Waals surface area contributed by atoms with E-state index in [4.69, 9.17) is 10.5 Å². The average molecular weight is 336 g/mol. The molecule has 0 atom stereocenters. The van der Waals surface area contributed by atoms with Crippen molar-refractivity contribution in [3.63, 3.8) is 0 Å². The summed E-state index contributed by atoms with van der Waals surface area (Å²) >= 11 is 0. The number of nitriles is 2. The molecule has 7 heteroatoms. The minimum atomic E-state index is -3.80. The van der Waals surface area contributed by atoms with Crippen molar-refractivity contribution >= 4 is 26.6 Å². The van der Waals surface area contributed by atoms with Crippen molar-refractivity contribution in [2.75, 3.05) is 4.72 Å². The standard InChI is InChI=1S/C17H12N4O2S/c1-11-2-7-15(17-16(11)13(9-19)10-20-17)21-24(22,23)14-5-3-12(8-18)4-6-14/h2-7,10,20-21H,1H3. The van der Waals surface area contributed by atoms with Crippen LogP contribution in [0.15, 0.2) is 47.5 Å². The van der Waals surface area contributed by atoms with Crippen molar-refractivity contribution in [3.8, 4) is 12.1 Å². The first kappa shape index (κ1) is 15.6. The number of benzene rings is 2. The summed E-state index contributed by atoms with van der Waals surface area (Å²) in [7, 11) is -3.80. The smallest absolute Gasteiger partial charge is 0.261 e. The molecule has 1 heterocycles. The summed E-state index contributed by atoms with van der Waals surface area (Å²) in [6, 6.07) is 13.1. The summed E-state index contributed by atoms with van der Waals surface area (Å²) < 4.78 is 27.6. The van der Waals surface area contributed by atoms with Gasteiger partial charge in [0.2, 0.25) is 0 Å². The van der Waals surface area contributed by atoms with Gasteiger partial charge in [0.05, 0.1) is 33.3 Å². The predicted octanol–water partition coefficient (Wildman–Crippen LogP) is 3.02. The van der Waals surface area contributed by atoms with Gasteiger partial charge in [-0.1, -0.05) is 6.07 Å². The van der Waals surface area contributed by atoms with E-state index in [-0.39, 0.29) is 4.90 Å². The fraction of sp³-hybridized carbons (Fsp3) is 0.0588. The number of fused-ring (bicyclic) bond motifs is 1. The maximum absolute atomic E-state index is 12.5. The molecule has 118 valence electrons. The molecule has 0 spiro atoms. The monoisotopic (exact) mass is 336 g/mol. The second kappa shape index (κ2) is 5.73. The maximum atomic E-state index is 12.5. The van der Waals surface area contributed by atoms with Crippen molar-refractivity contribution in [1.29, 1.82) is 10.5 Å². The van der Waals surface area contributed by atoms with E-state index in [2.05, 4.69) is 15.8 Å². The summed E-state index contributed by atoms with van der Waals surface area (Å²) in [6.07, 6.45) is 1.55. The number of H-pyrrole nitrogens is 1. The second-order valence-electron chi connectivity index (χ2n) is 5.24. The number of nitrogens with zero attached hydrogens (tertiary/aromatic N) is 2. The Morgan fingerprint density at radius 2 is 1.75 bits per heavy atom. The number of hydrogen-bond donors (Lipinski definition) is 2. The zero-order valence-corrected chi connectivity index (χ0v) is 13.5. The number of aromatic amines is 1. The van der Waals surface area contributed by atoms with Crippen LogP contribution in [0.5, 0.6) is 0 Å². The Balaban J connectivity index is 2.06. The number of aromatic nitrogens is 1. The molecule has 0 radical (unpaired) electrons. The highest BCUT2D eigenvalue weighted by atomic mass is 32.2. The van der Waals surface area contributed by atoms with E-state index in [0.29, 0.717) is 27.7 Å². The third-order valence-electron chi connectivity index (χ3n) is 3.70. The maximum Gasteiger partial charge on any atom is 0.261 e. The molecule has 0 aliphatic carbocycles. The van der Waals surface area contributed by atoms with Crippen LogP contribution in [0.4, 0.5) is 5.69 Å². The lowest BCUT2D eigenvalue weighted by Crippen LogP contribution is -2.13. The molecular weight excluding hydrogens is 324 g/mol. The van der Waals surface area contributed by atoms with Crippen molar-refractivity contribution in [3.05, 3.63) is 59.3 Å². The van der Waals surface area contributed by atoms with Gasteiger partial charge in [0, 0.05) is 11.6 Å². The highest BCUT2D eigenvalue weighted by Gasteiger charge is 2.17. The largest absolute Gasteiger partial charge is 0.358 e. The summed E-state index contributed by atoms with van der Waals surface area (Å²) in [5.74, 6) is 0. The van der Waals surface area contributed by atoms with E-state index in [0.717, 1.165) is 5.56 Å². The summed E-state index contributed by atoms with van der Waals surface area (Å²) in [5, 5.41) is 18.6. The first-order chi connectivity index (χ1) is 11.5. The summed E-state index contributed by atoms with van der Waals surface area (Å²) in [5.41, 5.74) is 2.64. The van der Waals surface area contributed by atoms with Crippen molar-refractivity contribution < 1.29 is 8.42 Å². The lowest BCUT2D eigenvalue weighted by molar-refractivity contribution is 0.601. The van der Waals surface area contributed by atoms with Gasteiger partial charge in [-0.3, -0.25) is 4.72 Å². The summed E-state index contributed by atoms with van der Waals surface area (Å²) in [6.45, 7) is 1.86. The number of aryl methyl sites for hydroxylation is 1. The molecule has 0 fully saturated rings. The zero-order valence-electron chi connectivity index (χ0n) is 12.7. The number of sulfonamides is 1.